The maximum absolute atomic E-state index is 12.0. The minimum atomic E-state index is 0.0966. The van der Waals surface area contributed by atoms with E-state index in [1.54, 1.807) is 18.0 Å². The van der Waals surface area contributed by atoms with Crippen LogP contribution < -0.4 is 0 Å². The van der Waals surface area contributed by atoms with Gasteiger partial charge in [-0.05, 0) is 18.6 Å². The van der Waals surface area contributed by atoms with Crippen molar-refractivity contribution in [2.75, 3.05) is 12.3 Å². The van der Waals surface area contributed by atoms with E-state index in [1.165, 1.54) is 0 Å². The average molecular weight is 239 g/mol. The molecule has 3 nitrogen and oxygen atoms in total. The Morgan fingerprint density at radius 2 is 2.56 bits per heavy atom. The molecule has 1 aromatic rings. The van der Waals surface area contributed by atoms with Gasteiger partial charge in [0.1, 0.15) is 11.1 Å². The Bertz CT molecular complexity index is 337. The fraction of sp³-hybridized carbons (Fsp3) is 0.583. The van der Waals surface area contributed by atoms with E-state index in [2.05, 4.69) is 6.92 Å². The first-order valence-electron chi connectivity index (χ1n) is 5.77. The van der Waals surface area contributed by atoms with E-state index in [0.29, 0.717) is 6.42 Å². The standard InChI is InChI=1S/C12H17NO2S/c1-2-3-6-11(14)13-7-9-16-12(13)10-5-4-8-15-10/h4-5,8,12H,2-3,6-7,9H2,1H3/t12-/m1/s1. The lowest BCUT2D eigenvalue weighted by Crippen LogP contribution is -2.29. The van der Waals surface area contributed by atoms with Gasteiger partial charge < -0.3 is 9.32 Å². The largest absolute Gasteiger partial charge is 0.466 e. The number of hydrogen-bond donors (Lipinski definition) is 0. The number of carbonyl (C=O) groups is 1. The predicted molar refractivity (Wildman–Crippen MR) is 65.1 cm³/mol. The topological polar surface area (TPSA) is 33.5 Å². The normalized spacial score (nSPS) is 20.3. The molecule has 1 aromatic heterocycles. The van der Waals surface area contributed by atoms with Crippen molar-refractivity contribution in [2.45, 2.75) is 31.6 Å². The molecule has 1 fully saturated rings. The summed E-state index contributed by atoms with van der Waals surface area (Å²) in [4.78, 5) is 13.9. The van der Waals surface area contributed by atoms with E-state index in [1.807, 2.05) is 17.0 Å². The third-order valence-electron chi connectivity index (χ3n) is 2.74. The number of rotatable bonds is 4. The second-order valence-electron chi connectivity index (χ2n) is 3.93. The van der Waals surface area contributed by atoms with Crippen LogP contribution >= 0.6 is 11.8 Å². The molecule has 0 aliphatic carbocycles. The van der Waals surface area contributed by atoms with E-state index >= 15 is 0 Å². The summed E-state index contributed by atoms with van der Waals surface area (Å²) in [5.74, 6) is 2.16. The van der Waals surface area contributed by atoms with Crippen LogP contribution in [0.2, 0.25) is 0 Å². The van der Waals surface area contributed by atoms with Crippen LogP contribution in [0.1, 0.15) is 37.3 Å². The van der Waals surface area contributed by atoms with Gasteiger partial charge in [-0.2, -0.15) is 0 Å². The number of hydrogen-bond acceptors (Lipinski definition) is 3. The predicted octanol–water partition coefficient (Wildman–Crippen LogP) is 3.04. The van der Waals surface area contributed by atoms with Gasteiger partial charge in [-0.15, -0.1) is 11.8 Å². The van der Waals surface area contributed by atoms with E-state index in [0.717, 1.165) is 30.9 Å². The zero-order chi connectivity index (χ0) is 11.4. The van der Waals surface area contributed by atoms with Crippen molar-refractivity contribution < 1.29 is 9.21 Å². The highest BCUT2D eigenvalue weighted by Crippen LogP contribution is 2.38. The molecule has 0 radical (unpaired) electrons. The van der Waals surface area contributed by atoms with Crippen molar-refractivity contribution in [1.29, 1.82) is 0 Å². The molecule has 1 atom stereocenters. The van der Waals surface area contributed by atoms with Gasteiger partial charge >= 0.3 is 0 Å². The Labute approximate surface area is 100 Å². The average Bonchev–Trinajstić information content (AvgIpc) is 2.94. The molecular formula is C12H17NO2S. The van der Waals surface area contributed by atoms with Crippen LogP contribution in [0.15, 0.2) is 22.8 Å². The van der Waals surface area contributed by atoms with E-state index in [9.17, 15) is 4.79 Å². The summed E-state index contributed by atoms with van der Waals surface area (Å²) in [6, 6.07) is 3.83. The van der Waals surface area contributed by atoms with Gasteiger partial charge in [-0.3, -0.25) is 4.79 Å². The molecule has 1 aliphatic heterocycles. The molecular weight excluding hydrogens is 222 g/mol. The molecule has 0 aromatic carbocycles. The molecule has 4 heteroatoms. The first-order chi connectivity index (χ1) is 7.83. The molecule has 0 N–H and O–H groups in total. The Hall–Kier alpha value is -0.900. The molecule has 1 aliphatic rings. The summed E-state index contributed by atoms with van der Waals surface area (Å²) in [6.07, 6.45) is 4.38. The first kappa shape index (κ1) is 11.6. The summed E-state index contributed by atoms with van der Waals surface area (Å²) in [6.45, 7) is 2.95. The molecule has 88 valence electrons. The van der Waals surface area contributed by atoms with Crippen LogP contribution in [0.3, 0.4) is 0 Å². The van der Waals surface area contributed by atoms with Crippen molar-refractivity contribution in [2.24, 2.45) is 0 Å². The lowest BCUT2D eigenvalue weighted by molar-refractivity contribution is -0.131. The Balaban J connectivity index is 2.01. The fourth-order valence-electron chi connectivity index (χ4n) is 1.86. The van der Waals surface area contributed by atoms with Crippen molar-refractivity contribution in [1.82, 2.24) is 4.90 Å². The Morgan fingerprint density at radius 1 is 1.69 bits per heavy atom. The van der Waals surface area contributed by atoms with Crippen LogP contribution in [0.25, 0.3) is 0 Å². The fourth-order valence-corrected chi connectivity index (χ4v) is 3.09. The van der Waals surface area contributed by atoms with E-state index in [4.69, 9.17) is 4.42 Å². The van der Waals surface area contributed by atoms with Crippen LogP contribution in [0.5, 0.6) is 0 Å². The molecule has 1 saturated heterocycles. The smallest absolute Gasteiger partial charge is 0.223 e. The maximum atomic E-state index is 12.0. The molecule has 16 heavy (non-hydrogen) atoms. The van der Waals surface area contributed by atoms with Crippen LogP contribution in [-0.2, 0) is 4.79 Å². The van der Waals surface area contributed by atoms with Gasteiger partial charge in [-0.25, -0.2) is 0 Å². The Kier molecular flexibility index (Phi) is 3.93. The van der Waals surface area contributed by atoms with Crippen molar-refractivity contribution in [3.8, 4) is 0 Å². The van der Waals surface area contributed by atoms with Crippen LogP contribution in [0.4, 0.5) is 0 Å². The van der Waals surface area contributed by atoms with Crippen molar-refractivity contribution >= 4 is 17.7 Å². The SMILES string of the molecule is CCCCC(=O)N1CCS[C@@H]1c1ccco1. The summed E-state index contributed by atoms with van der Waals surface area (Å²) in [5.41, 5.74) is 0. The molecule has 2 heterocycles. The summed E-state index contributed by atoms with van der Waals surface area (Å²) < 4.78 is 5.39. The van der Waals surface area contributed by atoms with E-state index < -0.39 is 0 Å². The van der Waals surface area contributed by atoms with E-state index in [-0.39, 0.29) is 11.3 Å². The van der Waals surface area contributed by atoms with Gasteiger partial charge in [0.25, 0.3) is 0 Å². The second-order valence-corrected chi connectivity index (χ2v) is 5.12. The quantitative estimate of drug-likeness (QED) is 0.809. The third-order valence-corrected chi connectivity index (χ3v) is 3.96. The molecule has 1 amide bonds. The highest BCUT2D eigenvalue weighted by Gasteiger charge is 2.31. The Morgan fingerprint density at radius 3 is 3.25 bits per heavy atom. The maximum Gasteiger partial charge on any atom is 0.223 e. The molecule has 0 bridgehead atoms. The number of nitrogens with zero attached hydrogens (tertiary/aromatic N) is 1. The van der Waals surface area contributed by atoms with Gasteiger partial charge in [0.15, 0.2) is 0 Å². The zero-order valence-electron chi connectivity index (χ0n) is 9.52. The minimum absolute atomic E-state index is 0.0966. The number of amides is 1. The minimum Gasteiger partial charge on any atom is -0.466 e. The molecule has 2 rings (SSSR count). The first-order valence-corrected chi connectivity index (χ1v) is 6.82. The summed E-state index contributed by atoms with van der Waals surface area (Å²) in [5, 5.41) is 0.0966. The van der Waals surface area contributed by atoms with Gasteiger partial charge in [0.2, 0.25) is 5.91 Å². The number of unbranched alkanes of at least 4 members (excludes halogenated alkanes) is 1. The second kappa shape index (κ2) is 5.43. The van der Waals surface area contributed by atoms with Gasteiger partial charge in [0, 0.05) is 18.7 Å². The van der Waals surface area contributed by atoms with Crippen LogP contribution in [0, 0.1) is 0 Å². The molecule has 0 unspecified atom stereocenters. The summed E-state index contributed by atoms with van der Waals surface area (Å²) >= 11 is 1.78. The molecule has 0 spiro atoms. The monoisotopic (exact) mass is 239 g/mol. The summed E-state index contributed by atoms with van der Waals surface area (Å²) in [7, 11) is 0. The number of thioether (sulfide) groups is 1. The van der Waals surface area contributed by atoms with Gasteiger partial charge in [-0.1, -0.05) is 13.3 Å². The molecule has 0 saturated carbocycles. The number of carbonyl (C=O) groups excluding carboxylic acids is 1. The van der Waals surface area contributed by atoms with Crippen molar-refractivity contribution in [3.05, 3.63) is 24.2 Å². The highest BCUT2D eigenvalue weighted by atomic mass is 32.2. The van der Waals surface area contributed by atoms with Crippen LogP contribution in [-0.4, -0.2) is 23.1 Å². The highest BCUT2D eigenvalue weighted by molar-refractivity contribution is 7.99. The van der Waals surface area contributed by atoms with Gasteiger partial charge in [0.05, 0.1) is 6.26 Å². The zero-order valence-corrected chi connectivity index (χ0v) is 10.3. The third kappa shape index (κ3) is 2.43. The lowest BCUT2D eigenvalue weighted by atomic mass is 10.2. The van der Waals surface area contributed by atoms with Crippen molar-refractivity contribution in [3.63, 3.8) is 0 Å². The number of furan rings is 1. The lowest BCUT2D eigenvalue weighted by Gasteiger charge is -2.22.